The number of hydrogen-bond donors (Lipinski definition) is 3. The van der Waals surface area contributed by atoms with E-state index in [0.29, 0.717) is 0 Å². The number of aromatic amines is 2. The van der Waals surface area contributed by atoms with Gasteiger partial charge < -0.3 is 20.0 Å². The van der Waals surface area contributed by atoms with Crippen molar-refractivity contribution in [3.05, 3.63) is 28.7 Å². The van der Waals surface area contributed by atoms with Gasteiger partial charge in [-0.3, -0.25) is 4.90 Å². The second-order valence-corrected chi connectivity index (χ2v) is 4.72. The van der Waals surface area contributed by atoms with Crippen LogP contribution in [-0.4, -0.2) is 54.3 Å². The summed E-state index contributed by atoms with van der Waals surface area (Å²) in [5.41, 5.74) is 2.53. The monoisotopic (exact) mass is 262 g/mol. The van der Waals surface area contributed by atoms with Crippen molar-refractivity contribution in [2.24, 2.45) is 0 Å². The zero-order valence-corrected chi connectivity index (χ0v) is 10.7. The van der Waals surface area contributed by atoms with E-state index in [-0.39, 0.29) is 5.69 Å². The van der Waals surface area contributed by atoms with E-state index in [4.69, 9.17) is 4.74 Å². The van der Waals surface area contributed by atoms with Crippen LogP contribution in [0.25, 0.3) is 11.0 Å². The van der Waals surface area contributed by atoms with Crippen molar-refractivity contribution < 1.29 is 4.74 Å². The van der Waals surface area contributed by atoms with Gasteiger partial charge in [0.2, 0.25) is 0 Å². The maximum Gasteiger partial charge on any atom is 0.323 e. The molecule has 0 amide bonds. The molecule has 3 rings (SSSR count). The third-order valence-corrected chi connectivity index (χ3v) is 3.38. The smallest absolute Gasteiger partial charge is 0.323 e. The van der Waals surface area contributed by atoms with Crippen LogP contribution >= 0.6 is 0 Å². The van der Waals surface area contributed by atoms with Crippen LogP contribution in [0.15, 0.2) is 23.0 Å². The lowest BCUT2D eigenvalue weighted by Gasteiger charge is -2.26. The highest BCUT2D eigenvalue weighted by molar-refractivity contribution is 5.78. The first-order valence-electron chi connectivity index (χ1n) is 6.57. The minimum Gasteiger partial charge on any atom is -0.384 e. The molecule has 0 spiro atoms. The van der Waals surface area contributed by atoms with Gasteiger partial charge in [0.25, 0.3) is 0 Å². The topological polar surface area (TPSA) is 73.2 Å². The fraction of sp³-hybridized carbons (Fsp3) is 0.462. The Morgan fingerprint density at radius 1 is 1.21 bits per heavy atom. The third-order valence-electron chi connectivity index (χ3n) is 3.38. The van der Waals surface area contributed by atoms with Crippen molar-refractivity contribution in [2.75, 3.05) is 44.7 Å². The van der Waals surface area contributed by atoms with E-state index >= 15 is 0 Å². The highest BCUT2D eigenvalue weighted by Gasteiger charge is 2.09. The third kappa shape index (κ3) is 2.97. The fourth-order valence-corrected chi connectivity index (χ4v) is 2.33. The van der Waals surface area contributed by atoms with Crippen molar-refractivity contribution in [3.63, 3.8) is 0 Å². The molecule has 6 nitrogen and oxygen atoms in total. The van der Waals surface area contributed by atoms with Crippen LogP contribution in [-0.2, 0) is 4.74 Å². The molecule has 19 heavy (non-hydrogen) atoms. The van der Waals surface area contributed by atoms with E-state index in [1.165, 1.54) is 0 Å². The summed E-state index contributed by atoms with van der Waals surface area (Å²) in [6.45, 7) is 5.57. The average molecular weight is 262 g/mol. The molecule has 6 heteroatoms. The van der Waals surface area contributed by atoms with Crippen LogP contribution in [0.5, 0.6) is 0 Å². The van der Waals surface area contributed by atoms with E-state index in [0.717, 1.165) is 56.1 Å². The number of ether oxygens (including phenoxy) is 1. The van der Waals surface area contributed by atoms with E-state index in [1.54, 1.807) is 0 Å². The number of morpholine rings is 1. The first kappa shape index (κ1) is 12.3. The van der Waals surface area contributed by atoms with Gasteiger partial charge in [-0.2, -0.15) is 0 Å². The molecule has 1 saturated heterocycles. The first-order chi connectivity index (χ1) is 9.31. The highest BCUT2D eigenvalue weighted by Crippen LogP contribution is 2.14. The number of imidazole rings is 1. The number of H-pyrrole nitrogens is 2. The predicted molar refractivity (Wildman–Crippen MR) is 74.7 cm³/mol. The zero-order valence-electron chi connectivity index (χ0n) is 10.7. The lowest BCUT2D eigenvalue weighted by atomic mass is 10.2. The maximum absolute atomic E-state index is 11.2. The normalized spacial score (nSPS) is 16.8. The van der Waals surface area contributed by atoms with Crippen molar-refractivity contribution in [1.29, 1.82) is 0 Å². The van der Waals surface area contributed by atoms with Crippen molar-refractivity contribution in [3.8, 4) is 0 Å². The van der Waals surface area contributed by atoms with Gasteiger partial charge in [0.05, 0.1) is 24.2 Å². The Morgan fingerprint density at radius 3 is 2.84 bits per heavy atom. The van der Waals surface area contributed by atoms with Crippen LogP contribution in [0.4, 0.5) is 5.69 Å². The van der Waals surface area contributed by atoms with Crippen molar-refractivity contribution >= 4 is 16.7 Å². The summed E-state index contributed by atoms with van der Waals surface area (Å²) < 4.78 is 5.32. The predicted octanol–water partition coefficient (Wildman–Crippen LogP) is 0.600. The van der Waals surface area contributed by atoms with Crippen molar-refractivity contribution in [2.45, 2.75) is 0 Å². The Morgan fingerprint density at radius 2 is 2.00 bits per heavy atom. The first-order valence-corrected chi connectivity index (χ1v) is 6.57. The molecule has 0 radical (unpaired) electrons. The second kappa shape index (κ2) is 5.46. The van der Waals surface area contributed by atoms with Crippen LogP contribution in [0, 0.1) is 0 Å². The zero-order chi connectivity index (χ0) is 13.1. The fourth-order valence-electron chi connectivity index (χ4n) is 2.33. The van der Waals surface area contributed by atoms with E-state index in [2.05, 4.69) is 20.2 Å². The molecule has 0 saturated carbocycles. The van der Waals surface area contributed by atoms with E-state index < -0.39 is 0 Å². The molecule has 102 valence electrons. The van der Waals surface area contributed by atoms with Crippen LogP contribution in [0.1, 0.15) is 0 Å². The molecule has 1 aromatic heterocycles. The molecule has 1 fully saturated rings. The minimum atomic E-state index is -0.166. The SMILES string of the molecule is O=c1[nH]c2ccc(NCCN3CCOCC3)cc2[nH]1. The van der Waals surface area contributed by atoms with E-state index in [9.17, 15) is 4.79 Å². The number of anilines is 1. The Kier molecular flexibility index (Phi) is 3.52. The Balaban J connectivity index is 1.57. The van der Waals surface area contributed by atoms with Crippen molar-refractivity contribution in [1.82, 2.24) is 14.9 Å². The molecule has 2 heterocycles. The van der Waals surface area contributed by atoms with Gasteiger partial charge in [0.15, 0.2) is 0 Å². The summed E-state index contributed by atoms with van der Waals surface area (Å²) in [4.78, 5) is 19.0. The number of aromatic nitrogens is 2. The number of nitrogens with one attached hydrogen (secondary N) is 3. The molecular formula is C13H18N4O2. The lowest BCUT2D eigenvalue weighted by molar-refractivity contribution is 0.0398. The van der Waals surface area contributed by atoms with Gasteiger partial charge in [0.1, 0.15) is 0 Å². The lowest BCUT2D eigenvalue weighted by Crippen LogP contribution is -2.38. The van der Waals surface area contributed by atoms with Gasteiger partial charge in [0, 0.05) is 31.9 Å². The summed E-state index contributed by atoms with van der Waals surface area (Å²) in [6, 6.07) is 5.84. The number of nitrogens with zero attached hydrogens (tertiary/aromatic N) is 1. The Labute approximate surface area is 110 Å². The number of rotatable bonds is 4. The summed E-state index contributed by atoms with van der Waals surface area (Å²) in [7, 11) is 0. The molecule has 0 unspecified atom stereocenters. The Bertz CT molecular complexity index is 598. The largest absolute Gasteiger partial charge is 0.384 e. The Hall–Kier alpha value is -1.79. The molecular weight excluding hydrogens is 244 g/mol. The van der Waals surface area contributed by atoms with Gasteiger partial charge >= 0.3 is 5.69 Å². The average Bonchev–Trinajstić information content (AvgIpc) is 2.79. The molecule has 1 aliphatic rings. The molecule has 1 aromatic carbocycles. The number of hydrogen-bond acceptors (Lipinski definition) is 4. The second-order valence-electron chi connectivity index (χ2n) is 4.72. The summed E-state index contributed by atoms with van der Waals surface area (Å²) in [5.74, 6) is 0. The summed E-state index contributed by atoms with van der Waals surface area (Å²) in [5, 5.41) is 3.37. The van der Waals surface area contributed by atoms with Gasteiger partial charge in [-0.15, -0.1) is 0 Å². The van der Waals surface area contributed by atoms with Gasteiger partial charge in [-0.05, 0) is 18.2 Å². The van der Waals surface area contributed by atoms with Gasteiger partial charge in [-0.25, -0.2) is 4.79 Å². The quantitative estimate of drug-likeness (QED) is 0.754. The van der Waals surface area contributed by atoms with Crippen LogP contribution < -0.4 is 11.0 Å². The van der Waals surface area contributed by atoms with Crippen LogP contribution in [0.2, 0.25) is 0 Å². The number of fused-ring (bicyclic) bond motifs is 1. The molecule has 1 aliphatic heterocycles. The maximum atomic E-state index is 11.2. The molecule has 0 aliphatic carbocycles. The molecule has 2 aromatic rings. The number of benzene rings is 1. The summed E-state index contributed by atoms with van der Waals surface area (Å²) >= 11 is 0. The standard InChI is InChI=1S/C13H18N4O2/c18-13-15-11-2-1-10(9-12(11)16-13)14-3-4-17-5-7-19-8-6-17/h1-2,9,14H,3-8H2,(H2,15,16,18). The molecule has 0 atom stereocenters. The molecule has 3 N–H and O–H groups in total. The summed E-state index contributed by atoms with van der Waals surface area (Å²) in [6.07, 6.45) is 0. The van der Waals surface area contributed by atoms with E-state index in [1.807, 2.05) is 18.2 Å². The van der Waals surface area contributed by atoms with Gasteiger partial charge in [-0.1, -0.05) is 0 Å². The highest BCUT2D eigenvalue weighted by atomic mass is 16.5. The minimum absolute atomic E-state index is 0.166. The van der Waals surface area contributed by atoms with Crippen LogP contribution in [0.3, 0.4) is 0 Å². The molecule has 0 bridgehead atoms.